The monoisotopic (exact) mass is 1030 g/mol. The molecule has 0 fully saturated rings. The molecular formula is C61H123NO8P+. The molecule has 0 aromatic heterocycles. The van der Waals surface area contributed by atoms with Crippen LogP contribution in [0, 0.1) is 0 Å². The number of carbonyl (C=O) groups excluding carboxylic acids is 2. The summed E-state index contributed by atoms with van der Waals surface area (Å²) in [6, 6.07) is 0. The topological polar surface area (TPSA) is 108 Å². The molecule has 1 N–H and O–H groups in total. The first kappa shape index (κ1) is 70.0. The average Bonchev–Trinajstić information content (AvgIpc) is 3.33. The summed E-state index contributed by atoms with van der Waals surface area (Å²) in [5, 5.41) is 0. The van der Waals surface area contributed by atoms with Crippen LogP contribution in [0.2, 0.25) is 0 Å². The maximum absolute atomic E-state index is 12.8. The highest BCUT2D eigenvalue weighted by Gasteiger charge is 2.27. The summed E-state index contributed by atoms with van der Waals surface area (Å²) < 4.78 is 34.6. The molecule has 2 unspecified atom stereocenters. The third-order valence-corrected chi connectivity index (χ3v) is 15.4. The quantitative estimate of drug-likeness (QED) is 0.0278. The molecule has 0 bridgehead atoms. The lowest BCUT2D eigenvalue weighted by Gasteiger charge is -2.24. The van der Waals surface area contributed by atoms with Crippen molar-refractivity contribution >= 4 is 19.8 Å². The molecule has 71 heavy (non-hydrogen) atoms. The fourth-order valence-corrected chi connectivity index (χ4v) is 10.3. The van der Waals surface area contributed by atoms with E-state index in [1.54, 1.807) is 0 Å². The lowest BCUT2D eigenvalue weighted by Crippen LogP contribution is -2.37. The number of hydrogen-bond donors (Lipinski definition) is 1. The van der Waals surface area contributed by atoms with Crippen LogP contribution in [0.15, 0.2) is 0 Å². The van der Waals surface area contributed by atoms with E-state index in [-0.39, 0.29) is 25.6 Å². The average molecular weight is 1030 g/mol. The molecule has 0 saturated heterocycles. The first-order valence-corrected chi connectivity index (χ1v) is 32.8. The van der Waals surface area contributed by atoms with Gasteiger partial charge >= 0.3 is 19.8 Å². The molecule has 10 heteroatoms. The van der Waals surface area contributed by atoms with Gasteiger partial charge in [0, 0.05) is 12.8 Å². The molecule has 0 aliphatic heterocycles. The number of quaternary nitrogens is 1. The van der Waals surface area contributed by atoms with Gasteiger partial charge in [-0.05, 0) is 12.8 Å². The predicted octanol–water partition coefficient (Wildman–Crippen LogP) is 19.4. The van der Waals surface area contributed by atoms with Crippen LogP contribution in [0.4, 0.5) is 0 Å². The van der Waals surface area contributed by atoms with Crippen molar-refractivity contribution in [1.29, 1.82) is 0 Å². The molecule has 0 amide bonds. The van der Waals surface area contributed by atoms with Gasteiger partial charge in [0.15, 0.2) is 6.10 Å². The van der Waals surface area contributed by atoms with E-state index in [0.29, 0.717) is 17.4 Å². The van der Waals surface area contributed by atoms with Gasteiger partial charge in [-0.15, -0.1) is 0 Å². The lowest BCUT2D eigenvalue weighted by molar-refractivity contribution is -0.870. The smallest absolute Gasteiger partial charge is 0.462 e. The maximum atomic E-state index is 12.8. The summed E-state index contributed by atoms with van der Waals surface area (Å²) >= 11 is 0. The van der Waals surface area contributed by atoms with Gasteiger partial charge in [0.1, 0.15) is 19.8 Å². The van der Waals surface area contributed by atoms with E-state index in [1.807, 2.05) is 21.1 Å². The predicted molar refractivity (Wildman–Crippen MR) is 303 cm³/mol. The van der Waals surface area contributed by atoms with E-state index in [2.05, 4.69) is 13.8 Å². The molecule has 9 nitrogen and oxygen atoms in total. The molecule has 0 aromatic rings. The van der Waals surface area contributed by atoms with Crippen molar-refractivity contribution in [3.05, 3.63) is 0 Å². The maximum Gasteiger partial charge on any atom is 0.472 e. The molecule has 0 rings (SSSR count). The summed E-state index contributed by atoms with van der Waals surface area (Å²) in [5.41, 5.74) is 0. The largest absolute Gasteiger partial charge is 0.472 e. The first-order chi connectivity index (χ1) is 34.5. The van der Waals surface area contributed by atoms with Gasteiger partial charge in [0.05, 0.1) is 27.7 Å². The number of unbranched alkanes of at least 4 members (excludes halogenated alkanes) is 45. The third-order valence-electron chi connectivity index (χ3n) is 14.4. The fraction of sp³-hybridized carbons (Fsp3) is 0.967. The number of ether oxygens (including phenoxy) is 2. The minimum Gasteiger partial charge on any atom is -0.462 e. The number of hydrogen-bond acceptors (Lipinski definition) is 7. The Kier molecular flexibility index (Phi) is 53.1. The van der Waals surface area contributed by atoms with Gasteiger partial charge in [0.2, 0.25) is 0 Å². The van der Waals surface area contributed by atoms with Crippen LogP contribution < -0.4 is 0 Å². The van der Waals surface area contributed by atoms with E-state index >= 15 is 0 Å². The summed E-state index contributed by atoms with van der Waals surface area (Å²) in [6.07, 6.45) is 61.9. The zero-order valence-electron chi connectivity index (χ0n) is 48.3. The van der Waals surface area contributed by atoms with E-state index in [1.165, 1.54) is 263 Å². The molecule has 0 aliphatic rings. The molecular weight excluding hydrogens is 906 g/mol. The standard InChI is InChI=1S/C61H122NO8P/c1-6-8-10-12-14-16-18-20-22-24-26-27-28-29-30-31-32-33-34-35-36-38-40-42-44-46-48-50-52-54-61(64)70-59(58-69-71(65,66)68-56-55-62(3,4)5)57-67-60(63)53-51-49-47-45-43-41-39-37-25-23-21-19-17-15-13-11-9-7-2/h59H,6-58H2,1-5H3/p+1. The second kappa shape index (κ2) is 53.8. The Morgan fingerprint density at radius 3 is 0.901 bits per heavy atom. The van der Waals surface area contributed by atoms with E-state index in [9.17, 15) is 19.0 Å². The normalized spacial score (nSPS) is 13.2. The van der Waals surface area contributed by atoms with Crippen LogP contribution in [0.25, 0.3) is 0 Å². The van der Waals surface area contributed by atoms with Crippen LogP contribution in [0.3, 0.4) is 0 Å². The molecule has 0 radical (unpaired) electrons. The Hall–Kier alpha value is -0.990. The third kappa shape index (κ3) is 58.1. The van der Waals surface area contributed by atoms with E-state index in [0.717, 1.165) is 38.5 Å². The Morgan fingerprint density at radius 2 is 0.634 bits per heavy atom. The van der Waals surface area contributed by atoms with Crippen LogP contribution in [-0.2, 0) is 32.7 Å². The lowest BCUT2D eigenvalue weighted by atomic mass is 10.0. The van der Waals surface area contributed by atoms with Crippen molar-refractivity contribution in [3.63, 3.8) is 0 Å². The minimum absolute atomic E-state index is 0.0375. The minimum atomic E-state index is -4.38. The number of rotatable bonds is 59. The van der Waals surface area contributed by atoms with Crippen molar-refractivity contribution in [2.75, 3.05) is 47.5 Å². The SMILES string of the molecule is CCCCCCCCCCCCCCCCCCCCCCCCCCCCCCCC(=O)OC(COC(=O)CCCCCCCCCCCCCCCCCCCC)COP(=O)(O)OCC[N+](C)(C)C. The molecule has 0 spiro atoms. The zero-order chi connectivity index (χ0) is 52.0. The molecule has 2 atom stereocenters. The molecule has 0 saturated carbocycles. The van der Waals surface area contributed by atoms with Crippen LogP contribution >= 0.6 is 7.82 Å². The van der Waals surface area contributed by atoms with Crippen LogP contribution in [0.1, 0.15) is 328 Å². The number of carbonyl (C=O) groups is 2. The number of phosphoric acid groups is 1. The number of esters is 2. The number of phosphoric ester groups is 1. The van der Waals surface area contributed by atoms with Crippen molar-refractivity contribution in [2.45, 2.75) is 335 Å². The van der Waals surface area contributed by atoms with Gasteiger partial charge in [-0.1, -0.05) is 303 Å². The Labute approximate surface area is 442 Å². The Bertz CT molecular complexity index is 1160. The van der Waals surface area contributed by atoms with Crippen molar-refractivity contribution in [3.8, 4) is 0 Å². The molecule has 0 aromatic carbocycles. The summed E-state index contributed by atoms with van der Waals surface area (Å²) in [6.45, 7) is 4.51. The number of likely N-dealkylation sites (N-methyl/N-ethyl adjacent to an activating group) is 1. The van der Waals surface area contributed by atoms with Gasteiger partial charge in [0.25, 0.3) is 0 Å². The summed E-state index contributed by atoms with van der Waals surface area (Å²) in [4.78, 5) is 35.7. The van der Waals surface area contributed by atoms with Gasteiger partial charge in [-0.2, -0.15) is 0 Å². The van der Waals surface area contributed by atoms with Crippen LogP contribution in [-0.4, -0.2) is 74.9 Å². The highest BCUT2D eigenvalue weighted by Crippen LogP contribution is 2.43. The second-order valence-corrected chi connectivity index (χ2v) is 24.3. The number of nitrogens with zero attached hydrogens (tertiary/aromatic N) is 1. The van der Waals surface area contributed by atoms with E-state index in [4.69, 9.17) is 18.5 Å². The van der Waals surface area contributed by atoms with Gasteiger partial charge < -0.3 is 18.9 Å². The molecule has 424 valence electrons. The molecule has 0 aliphatic carbocycles. The highest BCUT2D eigenvalue weighted by atomic mass is 31.2. The van der Waals surface area contributed by atoms with Crippen molar-refractivity contribution in [1.82, 2.24) is 0 Å². The fourth-order valence-electron chi connectivity index (χ4n) is 9.55. The Balaban J connectivity index is 4.01. The second-order valence-electron chi connectivity index (χ2n) is 22.8. The first-order valence-electron chi connectivity index (χ1n) is 31.3. The van der Waals surface area contributed by atoms with Crippen molar-refractivity contribution < 1.29 is 42.1 Å². The van der Waals surface area contributed by atoms with Crippen LogP contribution in [0.5, 0.6) is 0 Å². The van der Waals surface area contributed by atoms with Crippen molar-refractivity contribution in [2.24, 2.45) is 0 Å². The van der Waals surface area contributed by atoms with E-state index < -0.39 is 26.5 Å². The zero-order valence-corrected chi connectivity index (χ0v) is 49.1. The molecule has 0 heterocycles. The Morgan fingerprint density at radius 1 is 0.380 bits per heavy atom. The van der Waals surface area contributed by atoms with Gasteiger partial charge in [-0.3, -0.25) is 18.6 Å². The highest BCUT2D eigenvalue weighted by molar-refractivity contribution is 7.47. The van der Waals surface area contributed by atoms with Gasteiger partial charge in [-0.25, -0.2) is 4.57 Å². The summed E-state index contributed by atoms with van der Waals surface area (Å²) in [7, 11) is 1.50. The summed E-state index contributed by atoms with van der Waals surface area (Å²) in [5.74, 6) is -0.772.